The first kappa shape index (κ1) is 13.6. The molecule has 0 atom stereocenters. The Morgan fingerprint density at radius 1 is 1.24 bits per heavy atom. The van der Waals surface area contributed by atoms with Crippen molar-refractivity contribution in [3.63, 3.8) is 0 Å². The number of rotatable bonds is 2. The van der Waals surface area contributed by atoms with Crippen LogP contribution >= 0.6 is 11.6 Å². The van der Waals surface area contributed by atoms with Crippen LogP contribution in [0.4, 0.5) is 10.1 Å². The summed E-state index contributed by atoms with van der Waals surface area (Å²) in [7, 11) is 0. The number of carbonyl (C=O) groups is 1. The molecule has 1 heterocycles. The summed E-state index contributed by atoms with van der Waals surface area (Å²) in [6, 6.07) is 11.2. The monoisotopic (exact) mass is 302 g/mol. The van der Waals surface area contributed by atoms with E-state index in [1.807, 2.05) is 19.1 Å². The van der Waals surface area contributed by atoms with Crippen molar-refractivity contribution in [3.8, 4) is 0 Å². The summed E-state index contributed by atoms with van der Waals surface area (Å²) in [5.74, 6) is -0.710. The van der Waals surface area contributed by atoms with Gasteiger partial charge in [0.2, 0.25) is 0 Å². The molecule has 0 aliphatic carbocycles. The number of hydrogen-bond acceptors (Lipinski definition) is 1. The molecule has 0 radical (unpaired) electrons. The largest absolute Gasteiger partial charge is 0.350 e. The highest BCUT2D eigenvalue weighted by molar-refractivity contribution is 6.31. The van der Waals surface area contributed by atoms with Gasteiger partial charge in [0.1, 0.15) is 11.5 Å². The van der Waals surface area contributed by atoms with E-state index in [0.29, 0.717) is 16.4 Å². The molecule has 3 aromatic rings. The second kappa shape index (κ2) is 5.22. The molecule has 0 saturated carbocycles. The number of hydrogen-bond donors (Lipinski definition) is 2. The number of H-pyrrole nitrogens is 1. The molecule has 1 amide bonds. The standard InChI is InChI=1S/C16H12ClFN2O/c1-9-13-7-10(17)5-6-14(13)20-15(9)16(21)19-12-4-2-3-11(18)8-12/h2-8,20H,1H3,(H,19,21). The minimum absolute atomic E-state index is 0.314. The summed E-state index contributed by atoms with van der Waals surface area (Å²) in [6.07, 6.45) is 0. The van der Waals surface area contributed by atoms with Gasteiger partial charge in [0.15, 0.2) is 0 Å². The number of halogens is 2. The Labute approximate surface area is 125 Å². The SMILES string of the molecule is Cc1c(C(=O)Nc2cccc(F)c2)[nH]c2ccc(Cl)cc12. The van der Waals surface area contributed by atoms with Gasteiger partial charge in [-0.05, 0) is 48.9 Å². The van der Waals surface area contributed by atoms with E-state index in [2.05, 4.69) is 10.3 Å². The third kappa shape index (κ3) is 2.62. The number of nitrogens with one attached hydrogen (secondary N) is 2. The van der Waals surface area contributed by atoms with Gasteiger partial charge < -0.3 is 10.3 Å². The number of carbonyl (C=O) groups excluding carboxylic acids is 1. The molecule has 1 aromatic heterocycles. The van der Waals surface area contributed by atoms with Crippen LogP contribution < -0.4 is 5.32 Å². The third-order valence-electron chi connectivity index (χ3n) is 3.33. The lowest BCUT2D eigenvalue weighted by Gasteiger charge is -2.04. The van der Waals surface area contributed by atoms with E-state index in [1.54, 1.807) is 18.2 Å². The summed E-state index contributed by atoms with van der Waals surface area (Å²) in [6.45, 7) is 1.84. The number of benzene rings is 2. The highest BCUT2D eigenvalue weighted by atomic mass is 35.5. The normalized spacial score (nSPS) is 10.8. The van der Waals surface area contributed by atoms with Crippen LogP contribution in [0.3, 0.4) is 0 Å². The molecular formula is C16H12ClFN2O. The lowest BCUT2D eigenvalue weighted by molar-refractivity contribution is 0.102. The van der Waals surface area contributed by atoms with Gasteiger partial charge in [0, 0.05) is 21.6 Å². The highest BCUT2D eigenvalue weighted by Gasteiger charge is 2.15. The summed E-state index contributed by atoms with van der Waals surface area (Å²) in [5, 5.41) is 4.18. The Morgan fingerprint density at radius 2 is 2.05 bits per heavy atom. The number of anilines is 1. The van der Waals surface area contributed by atoms with Crippen molar-refractivity contribution in [2.45, 2.75) is 6.92 Å². The number of aryl methyl sites for hydroxylation is 1. The van der Waals surface area contributed by atoms with Crippen molar-refractivity contribution in [2.24, 2.45) is 0 Å². The molecule has 2 N–H and O–H groups in total. The quantitative estimate of drug-likeness (QED) is 0.718. The molecule has 0 spiro atoms. The van der Waals surface area contributed by atoms with Crippen LogP contribution in [-0.4, -0.2) is 10.9 Å². The van der Waals surface area contributed by atoms with Gasteiger partial charge in [-0.1, -0.05) is 17.7 Å². The molecule has 21 heavy (non-hydrogen) atoms. The van der Waals surface area contributed by atoms with Crippen LogP contribution in [0.5, 0.6) is 0 Å². The summed E-state index contributed by atoms with van der Waals surface area (Å²) in [5.41, 5.74) is 2.50. The van der Waals surface area contributed by atoms with Crippen molar-refractivity contribution in [1.82, 2.24) is 4.98 Å². The van der Waals surface area contributed by atoms with E-state index >= 15 is 0 Å². The Kier molecular flexibility index (Phi) is 3.39. The molecule has 2 aromatic carbocycles. The van der Waals surface area contributed by atoms with Crippen LogP contribution in [-0.2, 0) is 0 Å². The van der Waals surface area contributed by atoms with Crippen LogP contribution in [0.1, 0.15) is 16.1 Å². The first-order valence-electron chi connectivity index (χ1n) is 6.39. The highest BCUT2D eigenvalue weighted by Crippen LogP contribution is 2.25. The summed E-state index contributed by atoms with van der Waals surface area (Å²) >= 11 is 5.97. The molecular weight excluding hydrogens is 291 g/mol. The van der Waals surface area contributed by atoms with E-state index in [-0.39, 0.29) is 5.91 Å². The van der Waals surface area contributed by atoms with E-state index in [0.717, 1.165) is 16.5 Å². The molecule has 0 fully saturated rings. The van der Waals surface area contributed by atoms with Gasteiger partial charge in [0.25, 0.3) is 5.91 Å². The zero-order valence-corrected chi connectivity index (χ0v) is 12.0. The van der Waals surface area contributed by atoms with Crippen LogP contribution in [0, 0.1) is 12.7 Å². The van der Waals surface area contributed by atoms with Gasteiger partial charge in [-0.25, -0.2) is 4.39 Å². The Balaban J connectivity index is 1.96. The minimum atomic E-state index is -0.395. The first-order chi connectivity index (χ1) is 10.0. The van der Waals surface area contributed by atoms with Crippen LogP contribution in [0.25, 0.3) is 10.9 Å². The van der Waals surface area contributed by atoms with Crippen molar-refractivity contribution in [3.05, 3.63) is 64.6 Å². The van der Waals surface area contributed by atoms with Crippen molar-refractivity contribution >= 4 is 34.1 Å². The van der Waals surface area contributed by atoms with E-state index in [1.165, 1.54) is 12.1 Å². The zero-order chi connectivity index (χ0) is 15.0. The predicted molar refractivity (Wildman–Crippen MR) is 82.4 cm³/mol. The van der Waals surface area contributed by atoms with Crippen molar-refractivity contribution in [2.75, 3.05) is 5.32 Å². The van der Waals surface area contributed by atoms with E-state index in [9.17, 15) is 9.18 Å². The second-order valence-electron chi connectivity index (χ2n) is 4.78. The van der Waals surface area contributed by atoms with Crippen molar-refractivity contribution < 1.29 is 9.18 Å². The summed E-state index contributed by atoms with van der Waals surface area (Å²) in [4.78, 5) is 15.4. The lowest BCUT2D eigenvalue weighted by atomic mass is 10.1. The van der Waals surface area contributed by atoms with Gasteiger partial charge in [0.05, 0.1) is 0 Å². The summed E-state index contributed by atoms with van der Waals surface area (Å²) < 4.78 is 13.1. The molecule has 5 heteroatoms. The fourth-order valence-corrected chi connectivity index (χ4v) is 2.46. The zero-order valence-electron chi connectivity index (χ0n) is 11.2. The number of amides is 1. The van der Waals surface area contributed by atoms with Crippen molar-refractivity contribution in [1.29, 1.82) is 0 Å². The number of aromatic amines is 1. The Morgan fingerprint density at radius 3 is 2.81 bits per heavy atom. The van der Waals surface area contributed by atoms with Crippen LogP contribution in [0.2, 0.25) is 5.02 Å². The van der Waals surface area contributed by atoms with Gasteiger partial charge in [-0.3, -0.25) is 4.79 Å². The topological polar surface area (TPSA) is 44.9 Å². The maximum absolute atomic E-state index is 13.1. The van der Waals surface area contributed by atoms with E-state index < -0.39 is 5.82 Å². The molecule has 0 aliphatic heterocycles. The van der Waals surface area contributed by atoms with Crippen LogP contribution in [0.15, 0.2) is 42.5 Å². The molecule has 0 saturated heterocycles. The van der Waals surface area contributed by atoms with E-state index in [4.69, 9.17) is 11.6 Å². The number of aromatic nitrogens is 1. The predicted octanol–water partition coefficient (Wildman–Crippen LogP) is 4.52. The molecule has 0 unspecified atom stereocenters. The lowest BCUT2D eigenvalue weighted by Crippen LogP contribution is -2.13. The fraction of sp³-hybridized carbons (Fsp3) is 0.0625. The average molecular weight is 303 g/mol. The van der Waals surface area contributed by atoms with Gasteiger partial charge in [-0.2, -0.15) is 0 Å². The molecule has 106 valence electrons. The second-order valence-corrected chi connectivity index (χ2v) is 5.22. The molecule has 0 bridgehead atoms. The van der Waals surface area contributed by atoms with Gasteiger partial charge in [-0.15, -0.1) is 0 Å². The minimum Gasteiger partial charge on any atom is -0.350 e. The fourth-order valence-electron chi connectivity index (χ4n) is 2.29. The average Bonchev–Trinajstić information content (AvgIpc) is 2.76. The molecule has 3 nitrogen and oxygen atoms in total. The Bertz CT molecular complexity index is 841. The molecule has 0 aliphatic rings. The smallest absolute Gasteiger partial charge is 0.272 e. The number of fused-ring (bicyclic) bond motifs is 1. The maximum atomic E-state index is 13.1. The maximum Gasteiger partial charge on any atom is 0.272 e. The molecule has 3 rings (SSSR count). The Hall–Kier alpha value is -2.33. The third-order valence-corrected chi connectivity index (χ3v) is 3.56. The first-order valence-corrected chi connectivity index (χ1v) is 6.77. The van der Waals surface area contributed by atoms with Gasteiger partial charge >= 0.3 is 0 Å².